The largest absolute Gasteiger partial charge is 0.497 e. The number of nitrogens with zero attached hydrogens (tertiary/aromatic N) is 1. The summed E-state index contributed by atoms with van der Waals surface area (Å²) < 4.78 is 12.2. The molecule has 0 atom stereocenters. The fourth-order valence-corrected chi connectivity index (χ4v) is 2.90. The molecule has 1 heterocycles. The van der Waals surface area contributed by atoms with Crippen molar-refractivity contribution in [2.45, 2.75) is 33.4 Å². The Morgan fingerprint density at radius 1 is 1.15 bits per heavy atom. The lowest BCUT2D eigenvalue weighted by molar-refractivity contribution is -0.120. The number of hydrogen-bond acceptors (Lipinski definition) is 4. The number of aromatic nitrogens is 1. The average molecular weight is 360 g/mol. The summed E-state index contributed by atoms with van der Waals surface area (Å²) in [5.41, 5.74) is 2.19. The molecule has 0 saturated heterocycles. The molecule has 2 rings (SSSR count). The lowest BCUT2D eigenvalue weighted by atomic mass is 10.1. The van der Waals surface area contributed by atoms with Crippen LogP contribution in [0.5, 0.6) is 11.5 Å². The second kappa shape index (κ2) is 8.42. The third-order valence-corrected chi connectivity index (χ3v) is 4.16. The quantitative estimate of drug-likeness (QED) is 0.754. The topological polar surface area (TPSA) is 89.8 Å². The summed E-state index contributed by atoms with van der Waals surface area (Å²) in [5, 5.41) is 12.2. The number of methoxy groups -OCH3 is 2. The molecular formula is C19H24N2O5. The maximum Gasteiger partial charge on any atom is 0.337 e. The van der Waals surface area contributed by atoms with Gasteiger partial charge in [0.05, 0.1) is 26.2 Å². The molecule has 7 nitrogen and oxygen atoms in total. The molecule has 0 aliphatic rings. The molecule has 0 aliphatic carbocycles. The van der Waals surface area contributed by atoms with Gasteiger partial charge < -0.3 is 24.5 Å². The van der Waals surface area contributed by atoms with Crippen molar-refractivity contribution < 1.29 is 24.2 Å². The number of rotatable bonds is 8. The van der Waals surface area contributed by atoms with Crippen molar-refractivity contribution in [3.05, 3.63) is 46.8 Å². The number of aryl methyl sites for hydroxylation is 2. The summed E-state index contributed by atoms with van der Waals surface area (Å²) in [5.74, 6) is 0.00612. The van der Waals surface area contributed by atoms with Crippen molar-refractivity contribution in [3.8, 4) is 11.5 Å². The first-order valence-corrected chi connectivity index (χ1v) is 8.30. The van der Waals surface area contributed by atoms with Gasteiger partial charge in [0.25, 0.3) is 0 Å². The van der Waals surface area contributed by atoms with E-state index in [0.717, 1.165) is 5.56 Å². The molecule has 0 bridgehead atoms. The van der Waals surface area contributed by atoms with Gasteiger partial charge in [0.1, 0.15) is 11.5 Å². The van der Waals surface area contributed by atoms with Gasteiger partial charge in [-0.05, 0) is 37.1 Å². The minimum absolute atomic E-state index is 0.00438. The first-order chi connectivity index (χ1) is 12.4. The Morgan fingerprint density at radius 2 is 1.77 bits per heavy atom. The zero-order chi connectivity index (χ0) is 19.3. The normalized spacial score (nSPS) is 10.5. The molecule has 140 valence electrons. The maximum absolute atomic E-state index is 12.4. The third-order valence-electron chi connectivity index (χ3n) is 4.16. The van der Waals surface area contributed by atoms with E-state index in [0.29, 0.717) is 35.8 Å². The minimum atomic E-state index is -1.02. The summed E-state index contributed by atoms with van der Waals surface area (Å²) in [7, 11) is 3.12. The van der Waals surface area contributed by atoms with Gasteiger partial charge >= 0.3 is 5.97 Å². The van der Waals surface area contributed by atoms with Crippen LogP contribution >= 0.6 is 0 Å². The lowest BCUT2D eigenvalue weighted by Gasteiger charge is -2.11. The zero-order valence-electron chi connectivity index (χ0n) is 15.5. The van der Waals surface area contributed by atoms with Crippen molar-refractivity contribution in [1.82, 2.24) is 9.88 Å². The number of amides is 1. The standard InChI is InChI=1S/C19H24N2O5/c1-5-21-11-12(2)18(19(23)24)16(21)9-17(22)20-10-13-6-14(25-3)8-15(7-13)26-4/h6-8,11H,5,9-10H2,1-4H3,(H,20,22)(H,23,24). The highest BCUT2D eigenvalue weighted by atomic mass is 16.5. The average Bonchev–Trinajstić information content (AvgIpc) is 2.94. The Balaban J connectivity index is 2.12. The number of carbonyl (C=O) groups excluding carboxylic acids is 1. The number of carboxylic acids is 1. The van der Waals surface area contributed by atoms with Crippen molar-refractivity contribution in [2.75, 3.05) is 14.2 Å². The first kappa shape index (κ1) is 19.4. The number of aromatic carboxylic acids is 1. The van der Waals surface area contributed by atoms with Crippen molar-refractivity contribution in [1.29, 1.82) is 0 Å². The first-order valence-electron chi connectivity index (χ1n) is 8.30. The van der Waals surface area contributed by atoms with Crippen LogP contribution in [0.15, 0.2) is 24.4 Å². The molecule has 0 fully saturated rings. The Labute approximate surface area is 152 Å². The molecule has 0 unspecified atom stereocenters. The number of nitrogens with one attached hydrogen (secondary N) is 1. The Hall–Kier alpha value is -2.96. The van der Waals surface area contributed by atoms with Crippen LogP contribution in [0.4, 0.5) is 0 Å². The summed E-state index contributed by atoms with van der Waals surface area (Å²) >= 11 is 0. The van der Waals surface area contributed by atoms with E-state index in [1.807, 2.05) is 19.1 Å². The molecule has 26 heavy (non-hydrogen) atoms. The summed E-state index contributed by atoms with van der Waals surface area (Å²) in [6, 6.07) is 5.37. The van der Waals surface area contributed by atoms with E-state index in [2.05, 4.69) is 5.32 Å². The van der Waals surface area contributed by atoms with Gasteiger partial charge in [0.2, 0.25) is 5.91 Å². The van der Waals surface area contributed by atoms with Crippen molar-refractivity contribution in [3.63, 3.8) is 0 Å². The van der Waals surface area contributed by atoms with Crippen LogP contribution in [-0.4, -0.2) is 35.8 Å². The number of benzene rings is 1. The minimum Gasteiger partial charge on any atom is -0.497 e. The van der Waals surface area contributed by atoms with E-state index in [-0.39, 0.29) is 17.9 Å². The van der Waals surface area contributed by atoms with E-state index < -0.39 is 5.97 Å². The zero-order valence-corrected chi connectivity index (χ0v) is 15.5. The van der Waals surface area contributed by atoms with E-state index in [1.165, 1.54) is 0 Å². The number of hydrogen-bond donors (Lipinski definition) is 2. The van der Waals surface area contributed by atoms with Crippen LogP contribution in [-0.2, 0) is 24.3 Å². The van der Waals surface area contributed by atoms with Crippen LogP contribution < -0.4 is 14.8 Å². The van der Waals surface area contributed by atoms with Crippen LogP contribution in [0.3, 0.4) is 0 Å². The van der Waals surface area contributed by atoms with E-state index in [1.54, 1.807) is 38.0 Å². The van der Waals surface area contributed by atoms with Crippen LogP contribution in [0.25, 0.3) is 0 Å². The van der Waals surface area contributed by atoms with Gasteiger partial charge in [-0.25, -0.2) is 4.79 Å². The van der Waals surface area contributed by atoms with E-state index >= 15 is 0 Å². The predicted octanol–water partition coefficient (Wildman–Crippen LogP) is 2.39. The molecule has 7 heteroatoms. The fraction of sp³-hybridized carbons (Fsp3) is 0.368. The molecule has 0 saturated carbocycles. The molecule has 1 aromatic carbocycles. The molecule has 1 aromatic heterocycles. The second-order valence-electron chi connectivity index (χ2n) is 5.90. The van der Waals surface area contributed by atoms with Crippen LogP contribution in [0.2, 0.25) is 0 Å². The highest BCUT2D eigenvalue weighted by Gasteiger charge is 2.20. The summed E-state index contributed by atoms with van der Waals surface area (Å²) in [6.07, 6.45) is 1.77. The third kappa shape index (κ3) is 4.36. The molecule has 0 radical (unpaired) electrons. The van der Waals surface area contributed by atoms with Gasteiger partial charge in [-0.2, -0.15) is 0 Å². The summed E-state index contributed by atoms with van der Waals surface area (Å²) in [6.45, 7) is 4.54. The van der Waals surface area contributed by atoms with Crippen molar-refractivity contribution >= 4 is 11.9 Å². The highest BCUT2D eigenvalue weighted by molar-refractivity contribution is 5.93. The number of carbonyl (C=O) groups is 2. The molecule has 0 aliphatic heterocycles. The summed E-state index contributed by atoms with van der Waals surface area (Å²) in [4.78, 5) is 23.9. The SMILES string of the molecule is CCn1cc(C)c(C(=O)O)c1CC(=O)NCc1cc(OC)cc(OC)c1. The monoisotopic (exact) mass is 360 g/mol. The molecular weight excluding hydrogens is 336 g/mol. The molecule has 1 amide bonds. The van der Waals surface area contributed by atoms with Crippen LogP contribution in [0.1, 0.15) is 34.1 Å². The van der Waals surface area contributed by atoms with Crippen molar-refractivity contribution in [2.24, 2.45) is 0 Å². The van der Waals surface area contributed by atoms with Gasteiger partial charge in [-0.3, -0.25) is 4.79 Å². The predicted molar refractivity (Wildman–Crippen MR) is 96.9 cm³/mol. The molecule has 0 spiro atoms. The van der Waals surface area contributed by atoms with Crippen LogP contribution in [0, 0.1) is 6.92 Å². The van der Waals surface area contributed by atoms with Gasteiger partial charge in [0, 0.05) is 31.0 Å². The Bertz CT molecular complexity index is 788. The number of ether oxygens (including phenoxy) is 2. The second-order valence-corrected chi connectivity index (χ2v) is 5.90. The highest BCUT2D eigenvalue weighted by Crippen LogP contribution is 2.22. The van der Waals surface area contributed by atoms with Gasteiger partial charge in [-0.1, -0.05) is 0 Å². The maximum atomic E-state index is 12.4. The van der Waals surface area contributed by atoms with E-state index in [4.69, 9.17) is 9.47 Å². The Morgan fingerprint density at radius 3 is 2.27 bits per heavy atom. The van der Waals surface area contributed by atoms with Gasteiger partial charge in [-0.15, -0.1) is 0 Å². The number of carboxylic acid groups (broad SMARTS) is 1. The molecule has 2 aromatic rings. The fourth-order valence-electron chi connectivity index (χ4n) is 2.90. The molecule has 2 N–H and O–H groups in total. The Kier molecular flexibility index (Phi) is 6.27. The smallest absolute Gasteiger partial charge is 0.337 e. The van der Waals surface area contributed by atoms with E-state index in [9.17, 15) is 14.7 Å². The lowest BCUT2D eigenvalue weighted by Crippen LogP contribution is -2.26. The van der Waals surface area contributed by atoms with Gasteiger partial charge in [0.15, 0.2) is 0 Å².